The maximum absolute atomic E-state index is 12.1. The summed E-state index contributed by atoms with van der Waals surface area (Å²) in [6.45, 7) is 4.19. The Labute approximate surface area is 116 Å². The van der Waals surface area contributed by atoms with Gasteiger partial charge >= 0.3 is 0 Å². The molecule has 0 spiro atoms. The average molecular weight is 266 g/mol. The fraction of sp³-hybridized carbons (Fsp3) is 0.867. The molecule has 1 saturated heterocycles. The van der Waals surface area contributed by atoms with Crippen LogP contribution in [0.5, 0.6) is 0 Å². The van der Waals surface area contributed by atoms with Gasteiger partial charge in [0.2, 0.25) is 5.91 Å². The van der Waals surface area contributed by atoms with Crippen molar-refractivity contribution in [3.05, 3.63) is 0 Å². The molecule has 0 N–H and O–H groups in total. The Morgan fingerprint density at radius 1 is 1.32 bits per heavy atom. The molecule has 19 heavy (non-hydrogen) atoms. The Hall–Kier alpha value is -0.900. The van der Waals surface area contributed by atoms with E-state index in [4.69, 9.17) is 0 Å². The van der Waals surface area contributed by atoms with E-state index in [0.717, 1.165) is 45.2 Å². The number of amides is 1. The van der Waals surface area contributed by atoms with E-state index in [1.807, 2.05) is 14.0 Å². The monoisotopic (exact) mass is 266 g/mol. The number of likely N-dealkylation sites (tertiary alicyclic amines) is 1. The zero-order chi connectivity index (χ0) is 13.8. The molecule has 108 valence electrons. The molecule has 2 unspecified atom stereocenters. The van der Waals surface area contributed by atoms with Crippen molar-refractivity contribution < 1.29 is 9.59 Å². The molecule has 4 heteroatoms. The fourth-order valence-electron chi connectivity index (χ4n) is 3.39. The summed E-state index contributed by atoms with van der Waals surface area (Å²) in [5, 5.41) is 0. The van der Waals surface area contributed by atoms with Crippen molar-refractivity contribution in [2.75, 3.05) is 26.7 Å². The van der Waals surface area contributed by atoms with Crippen LogP contribution in [0, 0.1) is 5.92 Å². The van der Waals surface area contributed by atoms with Gasteiger partial charge in [-0.3, -0.25) is 14.5 Å². The van der Waals surface area contributed by atoms with Gasteiger partial charge in [-0.05, 0) is 39.2 Å². The normalized spacial score (nSPS) is 28.6. The topological polar surface area (TPSA) is 40.6 Å². The number of hydrogen-bond acceptors (Lipinski definition) is 3. The summed E-state index contributed by atoms with van der Waals surface area (Å²) in [5.41, 5.74) is 0. The number of ketones is 1. The predicted octanol–water partition coefficient (Wildman–Crippen LogP) is 1.69. The summed E-state index contributed by atoms with van der Waals surface area (Å²) in [5.74, 6) is 0.799. The van der Waals surface area contributed by atoms with Gasteiger partial charge in [-0.2, -0.15) is 0 Å². The molecule has 1 aliphatic carbocycles. The van der Waals surface area contributed by atoms with Crippen molar-refractivity contribution in [1.82, 2.24) is 9.80 Å². The summed E-state index contributed by atoms with van der Waals surface area (Å²) >= 11 is 0. The summed E-state index contributed by atoms with van der Waals surface area (Å²) in [6.07, 6.45) is 6.20. The molecular formula is C15H26N2O2. The first kappa shape index (κ1) is 14.5. The Kier molecular flexibility index (Phi) is 4.97. The molecule has 0 aromatic heterocycles. The minimum atomic E-state index is 0.178. The largest absolute Gasteiger partial charge is 0.345 e. The molecular weight excluding hydrogens is 240 g/mol. The highest BCUT2D eigenvalue weighted by molar-refractivity contribution is 5.82. The first-order valence-electron chi connectivity index (χ1n) is 7.64. The van der Waals surface area contributed by atoms with Gasteiger partial charge in [0.1, 0.15) is 5.78 Å². The van der Waals surface area contributed by atoms with Crippen molar-refractivity contribution in [3.63, 3.8) is 0 Å². The standard InChI is InChI=1S/C15H26N2O2/c1-3-16(2)15(19)11-17-10-6-8-13(17)12-7-4-5-9-14(12)18/h12-13H,3-11H2,1-2H3. The molecule has 1 aliphatic heterocycles. The number of likely N-dealkylation sites (N-methyl/N-ethyl adjacent to an activating group) is 1. The number of carbonyl (C=O) groups is 2. The lowest BCUT2D eigenvalue weighted by atomic mass is 9.82. The van der Waals surface area contributed by atoms with Gasteiger partial charge < -0.3 is 4.90 Å². The van der Waals surface area contributed by atoms with E-state index in [1.165, 1.54) is 6.42 Å². The lowest BCUT2D eigenvalue weighted by Gasteiger charge is -2.33. The Balaban J connectivity index is 1.96. The smallest absolute Gasteiger partial charge is 0.236 e. The highest BCUT2D eigenvalue weighted by Gasteiger charge is 2.37. The van der Waals surface area contributed by atoms with Gasteiger partial charge in [-0.25, -0.2) is 0 Å². The van der Waals surface area contributed by atoms with Gasteiger partial charge in [0, 0.05) is 32.0 Å². The van der Waals surface area contributed by atoms with Crippen molar-refractivity contribution in [3.8, 4) is 0 Å². The Bertz CT molecular complexity index is 343. The summed E-state index contributed by atoms with van der Waals surface area (Å²) in [7, 11) is 1.85. The van der Waals surface area contributed by atoms with Crippen LogP contribution >= 0.6 is 0 Å². The second-order valence-corrected chi connectivity index (χ2v) is 5.91. The third-order valence-corrected chi connectivity index (χ3v) is 4.72. The lowest BCUT2D eigenvalue weighted by molar-refractivity contribution is -0.133. The second-order valence-electron chi connectivity index (χ2n) is 5.91. The second kappa shape index (κ2) is 6.51. The van der Waals surface area contributed by atoms with E-state index in [-0.39, 0.29) is 11.8 Å². The van der Waals surface area contributed by atoms with Crippen LogP contribution in [-0.2, 0) is 9.59 Å². The number of hydrogen-bond donors (Lipinski definition) is 0. The van der Waals surface area contributed by atoms with Crippen LogP contribution in [-0.4, -0.2) is 54.2 Å². The van der Waals surface area contributed by atoms with Crippen LogP contribution in [0.1, 0.15) is 45.4 Å². The van der Waals surface area contributed by atoms with E-state index in [9.17, 15) is 9.59 Å². The zero-order valence-corrected chi connectivity index (χ0v) is 12.2. The number of rotatable bonds is 4. The van der Waals surface area contributed by atoms with E-state index in [1.54, 1.807) is 4.90 Å². The maximum Gasteiger partial charge on any atom is 0.236 e. The first-order valence-corrected chi connectivity index (χ1v) is 7.64. The van der Waals surface area contributed by atoms with E-state index < -0.39 is 0 Å². The SMILES string of the molecule is CCN(C)C(=O)CN1CCCC1C1CCCCC1=O. The highest BCUT2D eigenvalue weighted by Crippen LogP contribution is 2.32. The van der Waals surface area contributed by atoms with Crippen molar-refractivity contribution in [2.24, 2.45) is 5.92 Å². The third-order valence-electron chi connectivity index (χ3n) is 4.72. The quantitative estimate of drug-likeness (QED) is 0.777. The zero-order valence-electron chi connectivity index (χ0n) is 12.2. The third kappa shape index (κ3) is 3.35. The number of nitrogens with zero attached hydrogens (tertiary/aromatic N) is 2. The van der Waals surface area contributed by atoms with Crippen molar-refractivity contribution in [2.45, 2.75) is 51.5 Å². The number of Topliss-reactive ketones (excluding diaryl/α,β-unsaturated/α-hetero) is 1. The Morgan fingerprint density at radius 3 is 2.79 bits per heavy atom. The van der Waals surface area contributed by atoms with Crippen LogP contribution in [0.3, 0.4) is 0 Å². The van der Waals surface area contributed by atoms with E-state index in [0.29, 0.717) is 18.4 Å². The summed E-state index contributed by atoms with van der Waals surface area (Å²) in [4.78, 5) is 28.1. The molecule has 2 fully saturated rings. The number of carbonyl (C=O) groups excluding carboxylic acids is 2. The first-order chi connectivity index (χ1) is 9.13. The van der Waals surface area contributed by atoms with Gasteiger partial charge in [0.25, 0.3) is 0 Å². The van der Waals surface area contributed by atoms with Gasteiger partial charge in [0.15, 0.2) is 0 Å². The predicted molar refractivity (Wildman–Crippen MR) is 74.9 cm³/mol. The molecule has 2 atom stereocenters. The van der Waals surface area contributed by atoms with Crippen LogP contribution in [0.2, 0.25) is 0 Å². The molecule has 4 nitrogen and oxygen atoms in total. The Morgan fingerprint density at radius 2 is 2.11 bits per heavy atom. The molecule has 2 rings (SSSR count). The molecule has 0 aromatic carbocycles. The summed E-state index contributed by atoms with van der Waals surface area (Å²) in [6, 6.07) is 0.321. The van der Waals surface area contributed by atoms with Crippen LogP contribution in [0.25, 0.3) is 0 Å². The minimum absolute atomic E-state index is 0.178. The molecule has 1 saturated carbocycles. The maximum atomic E-state index is 12.1. The molecule has 1 amide bonds. The minimum Gasteiger partial charge on any atom is -0.345 e. The van der Waals surface area contributed by atoms with Crippen LogP contribution < -0.4 is 0 Å². The highest BCUT2D eigenvalue weighted by atomic mass is 16.2. The van der Waals surface area contributed by atoms with Gasteiger partial charge in [-0.1, -0.05) is 6.42 Å². The fourth-order valence-corrected chi connectivity index (χ4v) is 3.39. The molecule has 2 aliphatic rings. The van der Waals surface area contributed by atoms with E-state index in [2.05, 4.69) is 4.90 Å². The summed E-state index contributed by atoms with van der Waals surface area (Å²) < 4.78 is 0. The van der Waals surface area contributed by atoms with Gasteiger partial charge in [-0.15, -0.1) is 0 Å². The average Bonchev–Trinajstić information content (AvgIpc) is 2.86. The van der Waals surface area contributed by atoms with Crippen molar-refractivity contribution in [1.29, 1.82) is 0 Å². The molecule has 0 bridgehead atoms. The van der Waals surface area contributed by atoms with Crippen LogP contribution in [0.15, 0.2) is 0 Å². The van der Waals surface area contributed by atoms with Crippen molar-refractivity contribution >= 4 is 11.7 Å². The van der Waals surface area contributed by atoms with E-state index >= 15 is 0 Å². The van der Waals surface area contributed by atoms with Gasteiger partial charge in [0.05, 0.1) is 6.54 Å². The van der Waals surface area contributed by atoms with Crippen LogP contribution in [0.4, 0.5) is 0 Å². The molecule has 0 aromatic rings. The molecule has 0 radical (unpaired) electrons. The molecule has 1 heterocycles. The lowest BCUT2D eigenvalue weighted by Crippen LogP contribution is -2.45.